The maximum atomic E-state index is 10.9. The van der Waals surface area contributed by atoms with Crippen LogP contribution in [0.2, 0.25) is 0 Å². The van der Waals surface area contributed by atoms with Crippen molar-refractivity contribution < 1.29 is 9.66 Å². The van der Waals surface area contributed by atoms with Gasteiger partial charge in [0.05, 0.1) is 11.0 Å². The molecular weight excluding hydrogens is 272 g/mol. The van der Waals surface area contributed by atoms with E-state index in [4.69, 9.17) is 4.74 Å². The Bertz CT molecular complexity index is 631. The predicted octanol–water partition coefficient (Wildman–Crippen LogP) is 2.78. The number of nitrogens with zero attached hydrogens (tertiary/aromatic N) is 3. The highest BCUT2D eigenvalue weighted by Crippen LogP contribution is 2.19. The number of benzene rings is 1. The minimum Gasteiger partial charge on any atom is -0.475 e. The largest absolute Gasteiger partial charge is 0.475 e. The standard InChI is InChI=1S/C14H16N4O3/c1-10(2)21-13-7-8-15-14(17-13)16-9-11-5-3-4-6-12(11)18(19)20/h3-8,10H,9H2,1-2H3,(H,15,16,17). The number of anilines is 1. The highest BCUT2D eigenvalue weighted by atomic mass is 16.6. The molecule has 1 aromatic heterocycles. The Morgan fingerprint density at radius 2 is 2.10 bits per heavy atom. The fourth-order valence-electron chi connectivity index (χ4n) is 1.75. The molecule has 0 saturated carbocycles. The summed E-state index contributed by atoms with van der Waals surface area (Å²) < 4.78 is 5.47. The van der Waals surface area contributed by atoms with Crippen LogP contribution in [0.4, 0.5) is 11.6 Å². The molecule has 1 aromatic carbocycles. The van der Waals surface area contributed by atoms with Gasteiger partial charge in [-0.3, -0.25) is 10.1 Å². The summed E-state index contributed by atoms with van der Waals surface area (Å²) >= 11 is 0. The molecule has 0 spiro atoms. The van der Waals surface area contributed by atoms with Crippen molar-refractivity contribution >= 4 is 11.6 Å². The second-order valence-electron chi connectivity index (χ2n) is 4.62. The van der Waals surface area contributed by atoms with E-state index in [2.05, 4.69) is 15.3 Å². The molecule has 0 aliphatic rings. The number of nitro groups is 1. The average Bonchev–Trinajstić information content (AvgIpc) is 2.45. The number of nitrogens with one attached hydrogen (secondary N) is 1. The van der Waals surface area contributed by atoms with Crippen LogP contribution in [-0.4, -0.2) is 21.0 Å². The smallest absolute Gasteiger partial charge is 0.274 e. The molecular formula is C14H16N4O3. The number of rotatable bonds is 6. The van der Waals surface area contributed by atoms with Crippen LogP contribution in [-0.2, 0) is 6.54 Å². The first-order valence-electron chi connectivity index (χ1n) is 6.52. The predicted molar refractivity (Wildman–Crippen MR) is 78.2 cm³/mol. The molecule has 7 nitrogen and oxygen atoms in total. The molecule has 0 bridgehead atoms. The van der Waals surface area contributed by atoms with Crippen molar-refractivity contribution in [1.82, 2.24) is 9.97 Å². The number of hydrogen-bond acceptors (Lipinski definition) is 6. The van der Waals surface area contributed by atoms with Crippen molar-refractivity contribution in [3.8, 4) is 5.88 Å². The lowest BCUT2D eigenvalue weighted by atomic mass is 10.2. The van der Waals surface area contributed by atoms with Gasteiger partial charge in [-0.25, -0.2) is 4.98 Å². The van der Waals surface area contributed by atoms with Gasteiger partial charge in [0.1, 0.15) is 0 Å². The van der Waals surface area contributed by atoms with Crippen molar-refractivity contribution in [1.29, 1.82) is 0 Å². The molecule has 1 heterocycles. The Hall–Kier alpha value is -2.70. The molecule has 2 rings (SSSR count). The third-order valence-electron chi connectivity index (χ3n) is 2.61. The summed E-state index contributed by atoms with van der Waals surface area (Å²) in [4.78, 5) is 18.8. The van der Waals surface area contributed by atoms with Crippen LogP contribution in [0.3, 0.4) is 0 Å². The van der Waals surface area contributed by atoms with Crippen LogP contribution in [0.15, 0.2) is 36.5 Å². The van der Waals surface area contributed by atoms with E-state index in [1.165, 1.54) is 6.07 Å². The molecule has 0 atom stereocenters. The first-order valence-corrected chi connectivity index (χ1v) is 6.52. The van der Waals surface area contributed by atoms with Crippen LogP contribution in [0.5, 0.6) is 5.88 Å². The van der Waals surface area contributed by atoms with Gasteiger partial charge in [0.25, 0.3) is 5.69 Å². The Morgan fingerprint density at radius 3 is 2.81 bits per heavy atom. The quantitative estimate of drug-likeness (QED) is 0.649. The molecule has 110 valence electrons. The summed E-state index contributed by atoms with van der Waals surface area (Å²) in [5, 5.41) is 13.9. The molecule has 0 radical (unpaired) electrons. The van der Waals surface area contributed by atoms with E-state index in [1.807, 2.05) is 13.8 Å². The lowest BCUT2D eigenvalue weighted by Crippen LogP contribution is -2.09. The number of hydrogen-bond donors (Lipinski definition) is 1. The van der Waals surface area contributed by atoms with E-state index in [-0.39, 0.29) is 18.3 Å². The maximum absolute atomic E-state index is 10.9. The lowest BCUT2D eigenvalue weighted by Gasteiger charge is -2.10. The second kappa shape index (κ2) is 6.65. The van der Waals surface area contributed by atoms with Gasteiger partial charge in [0.15, 0.2) is 0 Å². The van der Waals surface area contributed by atoms with Crippen LogP contribution in [0.25, 0.3) is 0 Å². The number of nitro benzene ring substituents is 1. The zero-order chi connectivity index (χ0) is 15.2. The fourth-order valence-corrected chi connectivity index (χ4v) is 1.75. The summed E-state index contributed by atoms with van der Waals surface area (Å²) in [6.45, 7) is 4.08. The molecule has 0 fully saturated rings. The summed E-state index contributed by atoms with van der Waals surface area (Å²) in [5.74, 6) is 0.830. The number of aromatic nitrogens is 2. The van der Waals surface area contributed by atoms with Gasteiger partial charge in [-0.05, 0) is 13.8 Å². The van der Waals surface area contributed by atoms with Gasteiger partial charge in [-0.1, -0.05) is 18.2 Å². The van der Waals surface area contributed by atoms with Gasteiger partial charge in [-0.2, -0.15) is 4.98 Å². The van der Waals surface area contributed by atoms with Gasteiger partial charge < -0.3 is 10.1 Å². The van der Waals surface area contributed by atoms with E-state index < -0.39 is 4.92 Å². The zero-order valence-corrected chi connectivity index (χ0v) is 11.8. The Kier molecular flexibility index (Phi) is 4.65. The van der Waals surface area contributed by atoms with Crippen molar-refractivity contribution in [3.05, 3.63) is 52.2 Å². The summed E-state index contributed by atoms with van der Waals surface area (Å²) in [6.07, 6.45) is 1.59. The Morgan fingerprint density at radius 1 is 1.33 bits per heavy atom. The molecule has 0 unspecified atom stereocenters. The number of para-hydroxylation sites is 1. The maximum Gasteiger partial charge on any atom is 0.274 e. The fraction of sp³-hybridized carbons (Fsp3) is 0.286. The van der Waals surface area contributed by atoms with Crippen molar-refractivity contribution in [2.45, 2.75) is 26.5 Å². The normalized spacial score (nSPS) is 10.4. The molecule has 0 aliphatic heterocycles. The highest BCUT2D eigenvalue weighted by molar-refractivity contribution is 5.42. The Balaban J connectivity index is 2.08. The van der Waals surface area contributed by atoms with Crippen molar-refractivity contribution in [2.75, 3.05) is 5.32 Å². The summed E-state index contributed by atoms with van der Waals surface area (Å²) in [5.41, 5.74) is 0.640. The molecule has 7 heteroatoms. The van der Waals surface area contributed by atoms with E-state index in [9.17, 15) is 10.1 Å². The topological polar surface area (TPSA) is 90.2 Å². The van der Waals surface area contributed by atoms with E-state index >= 15 is 0 Å². The summed E-state index contributed by atoms with van der Waals surface area (Å²) in [6, 6.07) is 8.21. The van der Waals surface area contributed by atoms with Crippen molar-refractivity contribution in [2.24, 2.45) is 0 Å². The molecule has 0 saturated heterocycles. The number of ether oxygens (including phenoxy) is 1. The minimum atomic E-state index is -0.407. The van der Waals surface area contributed by atoms with Crippen LogP contribution in [0.1, 0.15) is 19.4 Å². The van der Waals surface area contributed by atoms with Gasteiger partial charge in [-0.15, -0.1) is 0 Å². The van der Waals surface area contributed by atoms with Crippen LogP contribution < -0.4 is 10.1 Å². The second-order valence-corrected chi connectivity index (χ2v) is 4.62. The van der Waals surface area contributed by atoms with Gasteiger partial charge in [0, 0.05) is 30.4 Å². The molecule has 1 N–H and O–H groups in total. The first kappa shape index (κ1) is 14.7. The van der Waals surface area contributed by atoms with Crippen LogP contribution >= 0.6 is 0 Å². The minimum absolute atomic E-state index is 0.0166. The third-order valence-corrected chi connectivity index (χ3v) is 2.61. The zero-order valence-electron chi connectivity index (χ0n) is 11.8. The van der Waals surface area contributed by atoms with Gasteiger partial charge >= 0.3 is 0 Å². The monoisotopic (exact) mass is 288 g/mol. The molecule has 0 amide bonds. The van der Waals surface area contributed by atoms with Gasteiger partial charge in [0.2, 0.25) is 11.8 Å². The van der Waals surface area contributed by atoms with E-state index in [0.29, 0.717) is 17.4 Å². The highest BCUT2D eigenvalue weighted by Gasteiger charge is 2.12. The summed E-state index contributed by atoms with van der Waals surface area (Å²) in [7, 11) is 0. The molecule has 2 aromatic rings. The van der Waals surface area contributed by atoms with E-state index in [1.54, 1.807) is 30.5 Å². The van der Waals surface area contributed by atoms with E-state index in [0.717, 1.165) is 0 Å². The molecule has 21 heavy (non-hydrogen) atoms. The Labute approximate surface area is 122 Å². The van der Waals surface area contributed by atoms with Crippen molar-refractivity contribution in [3.63, 3.8) is 0 Å². The lowest BCUT2D eigenvalue weighted by molar-refractivity contribution is -0.385. The third kappa shape index (κ3) is 4.13. The SMILES string of the molecule is CC(C)Oc1ccnc(NCc2ccccc2[N+](=O)[O-])n1. The van der Waals surface area contributed by atoms with Crippen LogP contribution in [0, 0.1) is 10.1 Å². The molecule has 0 aliphatic carbocycles. The average molecular weight is 288 g/mol. The first-order chi connectivity index (χ1) is 10.1.